The lowest BCUT2D eigenvalue weighted by atomic mass is 10.0. The molecule has 2 heterocycles. The van der Waals surface area contributed by atoms with Gasteiger partial charge >= 0.3 is 0 Å². The van der Waals surface area contributed by atoms with Crippen molar-refractivity contribution in [2.45, 2.75) is 0 Å². The predicted molar refractivity (Wildman–Crippen MR) is 122 cm³/mol. The Kier molecular flexibility index (Phi) is 4.52. The molecule has 0 spiro atoms. The molecule has 0 saturated heterocycles. The Labute approximate surface area is 176 Å². The summed E-state index contributed by atoms with van der Waals surface area (Å²) < 4.78 is 3.89. The highest BCUT2D eigenvalue weighted by Crippen LogP contribution is 2.30. The van der Waals surface area contributed by atoms with Gasteiger partial charge < -0.3 is 0 Å². The van der Waals surface area contributed by atoms with Crippen molar-refractivity contribution in [3.8, 4) is 45.0 Å². The molecule has 5 rings (SSSR count). The summed E-state index contributed by atoms with van der Waals surface area (Å²) in [6.45, 7) is 0. The number of hydrogen-bond donors (Lipinski definition) is 0. The fourth-order valence-corrected chi connectivity index (χ4v) is 3.81. The van der Waals surface area contributed by atoms with Crippen molar-refractivity contribution < 1.29 is 0 Å². The molecule has 3 aromatic carbocycles. The maximum Gasteiger partial charge on any atom is 0.0929 e. The SMILES string of the molecule is Cn1nc(-c2ccccc2)cc1-c1cccc(-c2cc(-c3ccccc3)nn2C)c1. The summed E-state index contributed by atoms with van der Waals surface area (Å²) in [6, 6.07) is 33.4. The first-order valence-electron chi connectivity index (χ1n) is 9.99. The standard InChI is InChI=1S/C26H22N4/c1-29-25(17-23(27-29)19-10-5-3-6-11-19)21-14-9-15-22(16-21)26-18-24(28-30(26)2)20-12-7-4-8-13-20/h3-18H,1-2H3. The predicted octanol–water partition coefficient (Wildman–Crippen LogP) is 5.82. The molecule has 4 heteroatoms. The van der Waals surface area contributed by atoms with Gasteiger partial charge in [0.25, 0.3) is 0 Å². The van der Waals surface area contributed by atoms with Crippen LogP contribution in [0.15, 0.2) is 97.1 Å². The number of rotatable bonds is 4. The smallest absolute Gasteiger partial charge is 0.0929 e. The van der Waals surface area contributed by atoms with E-state index in [1.807, 2.05) is 59.9 Å². The van der Waals surface area contributed by atoms with Crippen molar-refractivity contribution in [3.63, 3.8) is 0 Å². The van der Waals surface area contributed by atoms with Crippen LogP contribution in [0.5, 0.6) is 0 Å². The van der Waals surface area contributed by atoms with E-state index in [-0.39, 0.29) is 0 Å². The lowest BCUT2D eigenvalue weighted by molar-refractivity contribution is 0.777. The molecule has 0 amide bonds. The highest BCUT2D eigenvalue weighted by Gasteiger charge is 2.13. The molecule has 0 aliphatic rings. The first-order valence-corrected chi connectivity index (χ1v) is 9.99. The van der Waals surface area contributed by atoms with E-state index in [1.54, 1.807) is 0 Å². The summed E-state index contributed by atoms with van der Waals surface area (Å²) in [4.78, 5) is 0. The number of aryl methyl sites for hydroxylation is 2. The molecular weight excluding hydrogens is 368 g/mol. The fraction of sp³-hybridized carbons (Fsp3) is 0.0769. The fourth-order valence-electron chi connectivity index (χ4n) is 3.81. The lowest BCUT2D eigenvalue weighted by Crippen LogP contribution is -1.96. The third-order valence-corrected chi connectivity index (χ3v) is 5.35. The van der Waals surface area contributed by atoms with E-state index < -0.39 is 0 Å². The Bertz CT molecular complexity index is 1200. The molecule has 30 heavy (non-hydrogen) atoms. The van der Waals surface area contributed by atoms with Crippen LogP contribution in [0.25, 0.3) is 45.0 Å². The highest BCUT2D eigenvalue weighted by molar-refractivity contribution is 5.75. The molecule has 0 radical (unpaired) electrons. The third-order valence-electron chi connectivity index (χ3n) is 5.35. The minimum Gasteiger partial charge on any atom is -0.267 e. The Morgan fingerprint density at radius 3 is 1.30 bits per heavy atom. The molecule has 0 saturated carbocycles. The van der Waals surface area contributed by atoms with Crippen LogP contribution in [0.1, 0.15) is 0 Å². The van der Waals surface area contributed by atoms with Gasteiger partial charge in [-0.25, -0.2) is 0 Å². The van der Waals surface area contributed by atoms with Crippen molar-refractivity contribution in [3.05, 3.63) is 97.1 Å². The van der Waals surface area contributed by atoms with Crippen LogP contribution in [0, 0.1) is 0 Å². The van der Waals surface area contributed by atoms with Gasteiger partial charge in [-0.1, -0.05) is 78.9 Å². The van der Waals surface area contributed by atoms with Gasteiger partial charge in [-0.15, -0.1) is 0 Å². The zero-order valence-corrected chi connectivity index (χ0v) is 17.0. The van der Waals surface area contributed by atoms with E-state index in [9.17, 15) is 0 Å². The zero-order valence-electron chi connectivity index (χ0n) is 17.0. The van der Waals surface area contributed by atoms with Gasteiger partial charge in [0, 0.05) is 36.3 Å². The van der Waals surface area contributed by atoms with Gasteiger partial charge in [-0.2, -0.15) is 10.2 Å². The van der Waals surface area contributed by atoms with E-state index in [1.165, 1.54) is 0 Å². The van der Waals surface area contributed by atoms with Gasteiger partial charge in [0.15, 0.2) is 0 Å². The van der Waals surface area contributed by atoms with Crippen molar-refractivity contribution >= 4 is 0 Å². The Morgan fingerprint density at radius 1 is 0.467 bits per heavy atom. The first-order chi connectivity index (χ1) is 14.7. The van der Waals surface area contributed by atoms with Crippen molar-refractivity contribution in [1.82, 2.24) is 19.6 Å². The van der Waals surface area contributed by atoms with E-state index in [0.717, 1.165) is 45.0 Å². The van der Waals surface area contributed by atoms with E-state index in [4.69, 9.17) is 10.2 Å². The van der Waals surface area contributed by atoms with Crippen molar-refractivity contribution in [1.29, 1.82) is 0 Å². The van der Waals surface area contributed by atoms with Crippen LogP contribution in [-0.2, 0) is 14.1 Å². The molecule has 0 unspecified atom stereocenters. The number of benzene rings is 3. The largest absolute Gasteiger partial charge is 0.267 e. The van der Waals surface area contributed by atoms with Gasteiger partial charge in [-0.3, -0.25) is 9.36 Å². The number of hydrogen-bond acceptors (Lipinski definition) is 2. The molecule has 0 atom stereocenters. The van der Waals surface area contributed by atoms with Gasteiger partial charge in [0.05, 0.1) is 22.8 Å². The molecule has 0 aliphatic heterocycles. The van der Waals surface area contributed by atoms with E-state index >= 15 is 0 Å². The topological polar surface area (TPSA) is 35.6 Å². The van der Waals surface area contributed by atoms with Crippen LogP contribution in [0.2, 0.25) is 0 Å². The zero-order chi connectivity index (χ0) is 20.5. The quantitative estimate of drug-likeness (QED) is 0.387. The summed E-state index contributed by atoms with van der Waals surface area (Å²) in [5.41, 5.74) is 8.63. The minimum absolute atomic E-state index is 0.977. The van der Waals surface area contributed by atoms with Gasteiger partial charge in [0.2, 0.25) is 0 Å². The monoisotopic (exact) mass is 390 g/mol. The highest BCUT2D eigenvalue weighted by atomic mass is 15.3. The second-order valence-electron chi connectivity index (χ2n) is 7.39. The van der Waals surface area contributed by atoms with Crippen LogP contribution in [0.3, 0.4) is 0 Å². The average Bonchev–Trinajstić information content (AvgIpc) is 3.38. The second-order valence-corrected chi connectivity index (χ2v) is 7.39. The van der Waals surface area contributed by atoms with E-state index in [2.05, 4.69) is 60.7 Å². The summed E-state index contributed by atoms with van der Waals surface area (Å²) in [7, 11) is 3.98. The molecule has 5 aromatic rings. The summed E-state index contributed by atoms with van der Waals surface area (Å²) in [5.74, 6) is 0. The molecule has 0 aliphatic carbocycles. The van der Waals surface area contributed by atoms with Crippen molar-refractivity contribution in [2.75, 3.05) is 0 Å². The molecule has 0 bridgehead atoms. The Balaban J connectivity index is 1.53. The summed E-state index contributed by atoms with van der Waals surface area (Å²) >= 11 is 0. The lowest BCUT2D eigenvalue weighted by Gasteiger charge is -2.06. The molecule has 4 nitrogen and oxygen atoms in total. The van der Waals surface area contributed by atoms with Gasteiger partial charge in [0.1, 0.15) is 0 Å². The normalized spacial score (nSPS) is 11.0. The van der Waals surface area contributed by atoms with E-state index in [0.29, 0.717) is 0 Å². The second kappa shape index (κ2) is 7.48. The molecule has 2 aromatic heterocycles. The van der Waals surface area contributed by atoms with Crippen LogP contribution in [-0.4, -0.2) is 19.6 Å². The Hall–Kier alpha value is -3.92. The number of nitrogens with zero attached hydrogens (tertiary/aromatic N) is 4. The van der Waals surface area contributed by atoms with Crippen LogP contribution < -0.4 is 0 Å². The first kappa shape index (κ1) is 18.1. The summed E-state index contributed by atoms with van der Waals surface area (Å²) in [6.07, 6.45) is 0. The average molecular weight is 390 g/mol. The maximum atomic E-state index is 4.72. The minimum atomic E-state index is 0.977. The number of aromatic nitrogens is 4. The molecular formula is C26H22N4. The molecule has 0 fully saturated rings. The molecule has 0 N–H and O–H groups in total. The molecule has 146 valence electrons. The maximum absolute atomic E-state index is 4.72. The third kappa shape index (κ3) is 3.33. The van der Waals surface area contributed by atoms with Crippen molar-refractivity contribution in [2.24, 2.45) is 14.1 Å². The Morgan fingerprint density at radius 2 is 0.867 bits per heavy atom. The van der Waals surface area contributed by atoms with Crippen LogP contribution in [0.4, 0.5) is 0 Å². The van der Waals surface area contributed by atoms with Gasteiger partial charge in [-0.05, 0) is 18.2 Å². The van der Waals surface area contributed by atoms with Crippen LogP contribution >= 0.6 is 0 Å². The summed E-state index contributed by atoms with van der Waals surface area (Å²) in [5, 5.41) is 9.44.